The summed E-state index contributed by atoms with van der Waals surface area (Å²) in [5, 5.41) is 4.26. The zero-order chi connectivity index (χ0) is 13.5. The number of hydrogen-bond acceptors (Lipinski definition) is 3. The van der Waals surface area contributed by atoms with E-state index in [2.05, 4.69) is 41.3 Å². The summed E-state index contributed by atoms with van der Waals surface area (Å²) in [5.41, 5.74) is 7.21. The fourth-order valence-electron chi connectivity index (χ4n) is 2.33. The second kappa shape index (κ2) is 7.04. The molecule has 2 aromatic rings. The molecule has 4 heteroatoms. The highest BCUT2D eigenvalue weighted by molar-refractivity contribution is 5.19. The molecule has 19 heavy (non-hydrogen) atoms. The molecule has 0 aliphatic heterocycles. The third-order valence-electron chi connectivity index (χ3n) is 3.40. The van der Waals surface area contributed by atoms with Crippen LogP contribution < -0.4 is 5.73 Å². The van der Waals surface area contributed by atoms with Gasteiger partial charge in [0.15, 0.2) is 0 Å². The van der Waals surface area contributed by atoms with Crippen molar-refractivity contribution in [3.8, 4) is 0 Å². The molecule has 0 bridgehead atoms. The zero-order valence-electron chi connectivity index (χ0n) is 11.5. The first-order valence-corrected chi connectivity index (χ1v) is 6.96. The summed E-state index contributed by atoms with van der Waals surface area (Å²) in [6, 6.07) is 10.5. The van der Waals surface area contributed by atoms with Crippen molar-refractivity contribution >= 4 is 0 Å². The molecule has 2 N–H and O–H groups in total. The average molecular weight is 258 g/mol. The Bertz CT molecular complexity index is 478. The predicted octanol–water partition coefficient (Wildman–Crippen LogP) is 2.36. The van der Waals surface area contributed by atoms with E-state index in [0.717, 1.165) is 31.6 Å². The third kappa shape index (κ3) is 3.64. The number of aromatic nitrogens is 3. The van der Waals surface area contributed by atoms with Crippen LogP contribution in [0, 0.1) is 0 Å². The van der Waals surface area contributed by atoms with E-state index in [1.54, 1.807) is 6.33 Å². The van der Waals surface area contributed by atoms with E-state index < -0.39 is 0 Å². The molecule has 1 heterocycles. The zero-order valence-corrected chi connectivity index (χ0v) is 11.5. The van der Waals surface area contributed by atoms with Crippen LogP contribution in [-0.4, -0.2) is 21.3 Å². The van der Waals surface area contributed by atoms with Gasteiger partial charge >= 0.3 is 0 Å². The topological polar surface area (TPSA) is 56.7 Å². The van der Waals surface area contributed by atoms with E-state index in [4.69, 9.17) is 5.73 Å². The minimum atomic E-state index is 0.396. The Hall–Kier alpha value is -1.68. The first-order chi connectivity index (χ1) is 9.35. The Morgan fingerprint density at radius 2 is 2.05 bits per heavy atom. The molecule has 0 aliphatic carbocycles. The van der Waals surface area contributed by atoms with Crippen LogP contribution in [0.15, 0.2) is 36.7 Å². The first-order valence-electron chi connectivity index (χ1n) is 6.96. The second-order valence-corrected chi connectivity index (χ2v) is 4.78. The highest BCUT2D eigenvalue weighted by Gasteiger charge is 2.11. The normalized spacial score (nSPS) is 12.5. The van der Waals surface area contributed by atoms with Crippen LogP contribution in [0.1, 0.15) is 37.1 Å². The van der Waals surface area contributed by atoms with Gasteiger partial charge in [0, 0.05) is 13.0 Å². The van der Waals surface area contributed by atoms with Crippen molar-refractivity contribution in [1.82, 2.24) is 14.8 Å². The average Bonchev–Trinajstić information content (AvgIpc) is 2.89. The number of rotatable bonds is 7. The fourth-order valence-corrected chi connectivity index (χ4v) is 2.33. The molecule has 1 aromatic heterocycles. The summed E-state index contributed by atoms with van der Waals surface area (Å²) in [7, 11) is 0. The molecule has 2 rings (SSSR count). The van der Waals surface area contributed by atoms with E-state index in [-0.39, 0.29) is 0 Å². The van der Waals surface area contributed by atoms with Gasteiger partial charge in [-0.05, 0) is 30.9 Å². The molecule has 4 nitrogen and oxygen atoms in total. The van der Waals surface area contributed by atoms with Crippen LogP contribution in [0.2, 0.25) is 0 Å². The monoisotopic (exact) mass is 258 g/mol. The highest BCUT2D eigenvalue weighted by atomic mass is 15.3. The van der Waals surface area contributed by atoms with Crippen molar-refractivity contribution in [2.24, 2.45) is 5.73 Å². The summed E-state index contributed by atoms with van der Waals surface area (Å²) in [6.45, 7) is 3.76. The molecule has 0 saturated heterocycles. The molecule has 0 saturated carbocycles. The summed E-state index contributed by atoms with van der Waals surface area (Å²) in [6.07, 6.45) is 4.67. The van der Waals surface area contributed by atoms with Crippen molar-refractivity contribution in [2.75, 3.05) is 6.54 Å². The minimum Gasteiger partial charge on any atom is -0.330 e. The van der Waals surface area contributed by atoms with E-state index in [9.17, 15) is 0 Å². The molecule has 1 unspecified atom stereocenters. The quantitative estimate of drug-likeness (QED) is 0.829. The summed E-state index contributed by atoms with van der Waals surface area (Å²) >= 11 is 0. The van der Waals surface area contributed by atoms with E-state index in [1.165, 1.54) is 5.56 Å². The van der Waals surface area contributed by atoms with Crippen molar-refractivity contribution in [3.63, 3.8) is 0 Å². The molecule has 0 spiro atoms. The first kappa shape index (κ1) is 13.7. The van der Waals surface area contributed by atoms with Gasteiger partial charge in [0.2, 0.25) is 0 Å². The van der Waals surface area contributed by atoms with Crippen LogP contribution in [0.5, 0.6) is 0 Å². The summed E-state index contributed by atoms with van der Waals surface area (Å²) < 4.78 is 2.00. The van der Waals surface area contributed by atoms with Crippen molar-refractivity contribution in [3.05, 3.63) is 48.0 Å². The Balaban J connectivity index is 1.98. The highest BCUT2D eigenvalue weighted by Crippen LogP contribution is 2.19. The molecule has 1 aromatic carbocycles. The van der Waals surface area contributed by atoms with Gasteiger partial charge in [-0.3, -0.25) is 4.68 Å². The lowest BCUT2D eigenvalue weighted by atomic mass is 9.94. The molecular formula is C15H22N4. The molecule has 0 amide bonds. The van der Waals surface area contributed by atoms with E-state index in [1.807, 2.05) is 10.7 Å². The maximum atomic E-state index is 5.90. The van der Waals surface area contributed by atoms with Gasteiger partial charge in [-0.25, -0.2) is 4.98 Å². The van der Waals surface area contributed by atoms with Gasteiger partial charge in [0.05, 0.1) is 0 Å². The second-order valence-electron chi connectivity index (χ2n) is 4.78. The van der Waals surface area contributed by atoms with Crippen LogP contribution >= 0.6 is 0 Å². The van der Waals surface area contributed by atoms with Crippen molar-refractivity contribution in [1.29, 1.82) is 0 Å². The fraction of sp³-hybridized carbons (Fsp3) is 0.467. The third-order valence-corrected chi connectivity index (χ3v) is 3.40. The Morgan fingerprint density at radius 1 is 1.26 bits per heavy atom. The summed E-state index contributed by atoms with van der Waals surface area (Å²) in [5.74, 6) is 1.46. The number of nitrogens with zero attached hydrogens (tertiary/aromatic N) is 3. The van der Waals surface area contributed by atoms with Crippen molar-refractivity contribution in [2.45, 2.75) is 38.6 Å². The number of hydrogen-bond donors (Lipinski definition) is 1. The number of nitrogens with two attached hydrogens (primary N) is 1. The van der Waals surface area contributed by atoms with Gasteiger partial charge in [-0.1, -0.05) is 37.3 Å². The Labute approximate surface area is 114 Å². The molecule has 0 fully saturated rings. The maximum absolute atomic E-state index is 5.90. The lowest BCUT2D eigenvalue weighted by Crippen LogP contribution is -2.15. The van der Waals surface area contributed by atoms with E-state index in [0.29, 0.717) is 12.5 Å². The number of aryl methyl sites for hydroxylation is 2. The predicted molar refractivity (Wildman–Crippen MR) is 76.9 cm³/mol. The van der Waals surface area contributed by atoms with Crippen LogP contribution in [0.4, 0.5) is 0 Å². The Morgan fingerprint density at radius 3 is 2.74 bits per heavy atom. The molecular weight excluding hydrogens is 236 g/mol. The SMILES string of the molecule is CCCn1ncnc1CCC(CN)c1ccccc1. The molecule has 0 radical (unpaired) electrons. The summed E-state index contributed by atoms with van der Waals surface area (Å²) in [4.78, 5) is 4.35. The lowest BCUT2D eigenvalue weighted by Gasteiger charge is -2.15. The minimum absolute atomic E-state index is 0.396. The Kier molecular flexibility index (Phi) is 5.10. The van der Waals surface area contributed by atoms with Gasteiger partial charge in [-0.2, -0.15) is 5.10 Å². The smallest absolute Gasteiger partial charge is 0.138 e. The van der Waals surface area contributed by atoms with Gasteiger partial charge in [-0.15, -0.1) is 0 Å². The van der Waals surface area contributed by atoms with E-state index >= 15 is 0 Å². The van der Waals surface area contributed by atoms with Crippen LogP contribution in [0.25, 0.3) is 0 Å². The van der Waals surface area contributed by atoms with Gasteiger partial charge in [0.25, 0.3) is 0 Å². The standard InChI is InChI=1S/C15H22N4/c1-2-10-19-15(17-12-18-19)9-8-14(11-16)13-6-4-3-5-7-13/h3-7,12,14H,2,8-11,16H2,1H3. The molecule has 0 aliphatic rings. The largest absolute Gasteiger partial charge is 0.330 e. The van der Waals surface area contributed by atoms with Crippen LogP contribution in [0.3, 0.4) is 0 Å². The lowest BCUT2D eigenvalue weighted by molar-refractivity contribution is 0.542. The number of benzene rings is 1. The molecule has 1 atom stereocenters. The molecule has 102 valence electrons. The van der Waals surface area contributed by atoms with Crippen molar-refractivity contribution < 1.29 is 0 Å². The van der Waals surface area contributed by atoms with Gasteiger partial charge in [0.1, 0.15) is 12.2 Å². The maximum Gasteiger partial charge on any atom is 0.138 e. The van der Waals surface area contributed by atoms with Gasteiger partial charge < -0.3 is 5.73 Å². The van der Waals surface area contributed by atoms with Crippen LogP contribution in [-0.2, 0) is 13.0 Å².